The van der Waals surface area contributed by atoms with E-state index in [1.54, 1.807) is 6.20 Å². The molecule has 0 spiro atoms. The number of rotatable bonds is 3. The minimum absolute atomic E-state index is 0.350. The molecule has 1 saturated heterocycles. The summed E-state index contributed by atoms with van der Waals surface area (Å²) in [7, 11) is -0.398. The fraction of sp³-hybridized carbons (Fsp3) is 0.667. The van der Waals surface area contributed by atoms with Crippen molar-refractivity contribution in [3.8, 4) is 0 Å². The Morgan fingerprint density at radius 1 is 1.20 bits per heavy atom. The molecular weight excluding hydrogens is 251 g/mol. The lowest BCUT2D eigenvalue weighted by Crippen LogP contribution is -2.41. The van der Waals surface area contributed by atoms with E-state index in [9.17, 15) is 0 Å². The third-order valence-corrected chi connectivity index (χ3v) is 4.13. The topological polar surface area (TPSA) is 57.4 Å². The van der Waals surface area contributed by atoms with Crippen LogP contribution in [0.15, 0.2) is 12.3 Å². The van der Waals surface area contributed by atoms with Crippen molar-refractivity contribution in [3.63, 3.8) is 0 Å². The Balaban J connectivity index is 2.36. The van der Waals surface area contributed by atoms with Gasteiger partial charge in [-0.25, -0.2) is 0 Å². The van der Waals surface area contributed by atoms with E-state index in [1.165, 1.54) is 0 Å². The van der Waals surface area contributed by atoms with Crippen LogP contribution < -0.4 is 11.2 Å². The molecule has 1 aromatic heterocycles. The second-order valence-corrected chi connectivity index (χ2v) is 6.99. The normalized spacial score (nSPS) is 20.6. The third kappa shape index (κ3) is 2.84. The Hall–Kier alpha value is -1.07. The summed E-state index contributed by atoms with van der Waals surface area (Å²) in [5.74, 6) is 0.521. The lowest BCUT2D eigenvalue weighted by molar-refractivity contribution is 0.00578. The van der Waals surface area contributed by atoms with E-state index in [-0.39, 0.29) is 11.2 Å². The van der Waals surface area contributed by atoms with E-state index < -0.39 is 7.12 Å². The molecule has 20 heavy (non-hydrogen) atoms. The lowest BCUT2D eigenvalue weighted by atomic mass is 9.76. The number of aromatic nitrogens is 1. The monoisotopic (exact) mass is 276 g/mol. The van der Waals surface area contributed by atoms with Gasteiger partial charge in [-0.05, 0) is 46.1 Å². The number of hydrogen-bond acceptors (Lipinski definition) is 4. The average molecular weight is 276 g/mol. The van der Waals surface area contributed by atoms with Gasteiger partial charge >= 0.3 is 7.12 Å². The summed E-state index contributed by atoms with van der Waals surface area (Å²) in [6, 6.07) is 1.92. The van der Waals surface area contributed by atoms with Gasteiger partial charge in [0.1, 0.15) is 0 Å². The minimum atomic E-state index is -0.398. The Kier molecular flexibility index (Phi) is 3.86. The van der Waals surface area contributed by atoms with Crippen molar-refractivity contribution in [3.05, 3.63) is 18.0 Å². The van der Waals surface area contributed by atoms with Crippen molar-refractivity contribution in [2.24, 2.45) is 5.92 Å². The van der Waals surface area contributed by atoms with Crippen LogP contribution in [0.5, 0.6) is 0 Å². The largest absolute Gasteiger partial charge is 0.496 e. The van der Waals surface area contributed by atoms with Gasteiger partial charge in [-0.1, -0.05) is 13.8 Å². The van der Waals surface area contributed by atoms with Crippen molar-refractivity contribution in [1.29, 1.82) is 0 Å². The number of anilines is 1. The first-order chi connectivity index (χ1) is 9.12. The molecule has 0 radical (unpaired) electrons. The molecule has 2 heterocycles. The smallest absolute Gasteiger partial charge is 0.399 e. The van der Waals surface area contributed by atoms with Crippen molar-refractivity contribution in [2.75, 3.05) is 5.73 Å². The van der Waals surface area contributed by atoms with Gasteiger partial charge in [0.25, 0.3) is 0 Å². The molecule has 0 aromatic carbocycles. The summed E-state index contributed by atoms with van der Waals surface area (Å²) >= 11 is 0. The fourth-order valence-corrected chi connectivity index (χ4v) is 2.26. The predicted molar refractivity (Wildman–Crippen MR) is 82.9 cm³/mol. The van der Waals surface area contributed by atoms with Crippen LogP contribution in [0, 0.1) is 5.92 Å². The molecule has 4 nitrogen and oxygen atoms in total. The maximum Gasteiger partial charge on any atom is 0.496 e. The predicted octanol–water partition coefficient (Wildman–Crippen LogP) is 2.16. The summed E-state index contributed by atoms with van der Waals surface area (Å²) in [5, 5.41) is 0. The number of nitrogens with zero attached hydrogens (tertiary/aromatic N) is 1. The first kappa shape index (κ1) is 15.3. The molecule has 0 atom stereocenters. The quantitative estimate of drug-likeness (QED) is 0.859. The van der Waals surface area contributed by atoms with Crippen LogP contribution in [0.25, 0.3) is 0 Å². The maximum atomic E-state index is 6.11. The highest BCUT2D eigenvalue weighted by molar-refractivity contribution is 6.62. The van der Waals surface area contributed by atoms with Crippen molar-refractivity contribution < 1.29 is 9.31 Å². The summed E-state index contributed by atoms with van der Waals surface area (Å²) in [4.78, 5) is 4.47. The number of nitrogens with two attached hydrogens (primary N) is 1. The van der Waals surface area contributed by atoms with Crippen LogP contribution in [0.4, 0.5) is 5.69 Å². The molecule has 2 N–H and O–H groups in total. The van der Waals surface area contributed by atoms with Crippen LogP contribution in [-0.4, -0.2) is 23.3 Å². The average Bonchev–Trinajstić information content (AvgIpc) is 2.50. The Labute approximate surface area is 122 Å². The molecule has 0 unspecified atom stereocenters. The molecule has 2 rings (SSSR count). The standard InChI is InChI=1S/C15H25BN2O2/c1-10(2)7-13-12(8-11(17)9-18-13)16-19-14(3,4)15(5,6)20-16/h8-10H,7,17H2,1-6H3. The molecular formula is C15H25BN2O2. The van der Waals surface area contributed by atoms with Crippen LogP contribution in [-0.2, 0) is 15.7 Å². The SMILES string of the molecule is CC(C)Cc1ncc(N)cc1B1OC(C)(C)C(C)(C)O1. The van der Waals surface area contributed by atoms with Crippen molar-refractivity contribution in [2.45, 2.75) is 59.2 Å². The summed E-state index contributed by atoms with van der Waals surface area (Å²) in [6.45, 7) is 12.5. The van der Waals surface area contributed by atoms with E-state index in [0.29, 0.717) is 11.6 Å². The highest BCUT2D eigenvalue weighted by Crippen LogP contribution is 2.36. The number of nitrogen functional groups attached to an aromatic ring is 1. The van der Waals surface area contributed by atoms with Crippen LogP contribution in [0.3, 0.4) is 0 Å². The molecule has 1 aromatic rings. The zero-order valence-electron chi connectivity index (χ0n) is 13.4. The molecule has 0 bridgehead atoms. The zero-order chi connectivity index (χ0) is 15.1. The van der Waals surface area contributed by atoms with Gasteiger partial charge in [0.2, 0.25) is 0 Å². The molecule has 0 amide bonds. The highest BCUT2D eigenvalue weighted by Gasteiger charge is 2.52. The molecule has 5 heteroatoms. The zero-order valence-corrected chi connectivity index (χ0v) is 13.4. The van der Waals surface area contributed by atoms with E-state index in [1.807, 2.05) is 6.07 Å². The number of pyridine rings is 1. The van der Waals surface area contributed by atoms with E-state index in [4.69, 9.17) is 15.0 Å². The van der Waals surface area contributed by atoms with Crippen LogP contribution in [0.1, 0.15) is 47.2 Å². The molecule has 0 aliphatic carbocycles. The minimum Gasteiger partial charge on any atom is -0.399 e. The van der Waals surface area contributed by atoms with E-state index in [0.717, 1.165) is 17.6 Å². The van der Waals surface area contributed by atoms with Crippen LogP contribution in [0.2, 0.25) is 0 Å². The molecule has 1 fully saturated rings. The van der Waals surface area contributed by atoms with Gasteiger partial charge in [-0.15, -0.1) is 0 Å². The van der Waals surface area contributed by atoms with Gasteiger partial charge in [0, 0.05) is 16.8 Å². The molecule has 1 aliphatic rings. The van der Waals surface area contributed by atoms with Gasteiger partial charge in [-0.2, -0.15) is 0 Å². The Morgan fingerprint density at radius 3 is 2.25 bits per heavy atom. The Bertz CT molecular complexity index is 485. The van der Waals surface area contributed by atoms with Gasteiger partial charge in [0.15, 0.2) is 0 Å². The van der Waals surface area contributed by atoms with Gasteiger partial charge in [-0.3, -0.25) is 4.98 Å². The van der Waals surface area contributed by atoms with Gasteiger partial charge in [0.05, 0.1) is 17.4 Å². The maximum absolute atomic E-state index is 6.11. The van der Waals surface area contributed by atoms with Crippen molar-refractivity contribution >= 4 is 18.3 Å². The van der Waals surface area contributed by atoms with E-state index >= 15 is 0 Å². The number of hydrogen-bond donors (Lipinski definition) is 1. The summed E-state index contributed by atoms with van der Waals surface area (Å²) in [5.41, 5.74) is 7.79. The second-order valence-electron chi connectivity index (χ2n) is 6.99. The second kappa shape index (κ2) is 5.04. The molecule has 1 aliphatic heterocycles. The molecule has 0 saturated carbocycles. The third-order valence-electron chi connectivity index (χ3n) is 4.13. The van der Waals surface area contributed by atoms with Crippen LogP contribution >= 0.6 is 0 Å². The fourth-order valence-electron chi connectivity index (χ4n) is 2.26. The summed E-state index contributed by atoms with van der Waals surface area (Å²) in [6.07, 6.45) is 2.59. The molecule has 110 valence electrons. The highest BCUT2D eigenvalue weighted by atomic mass is 16.7. The first-order valence-electron chi connectivity index (χ1n) is 7.22. The first-order valence-corrected chi connectivity index (χ1v) is 7.22. The lowest BCUT2D eigenvalue weighted by Gasteiger charge is -2.32. The van der Waals surface area contributed by atoms with Gasteiger partial charge < -0.3 is 15.0 Å². The van der Waals surface area contributed by atoms with E-state index in [2.05, 4.69) is 46.5 Å². The Morgan fingerprint density at radius 2 is 1.75 bits per heavy atom. The van der Waals surface area contributed by atoms with Crippen molar-refractivity contribution in [1.82, 2.24) is 4.98 Å². The summed E-state index contributed by atoms with van der Waals surface area (Å²) < 4.78 is 12.2.